The number of aliphatic hydroxyl groups excluding tert-OH is 1. The number of hydrogen-bond acceptors (Lipinski definition) is 3. The SMILES string of the molecule is O=C(C#Cc1ccccc1)N1CCN(CCO)CC1. The van der Waals surface area contributed by atoms with Crippen LogP contribution in [0.15, 0.2) is 30.3 Å². The third kappa shape index (κ3) is 4.09. The number of piperazine rings is 1. The molecular weight excluding hydrogens is 240 g/mol. The van der Waals surface area contributed by atoms with Gasteiger partial charge in [0.2, 0.25) is 0 Å². The summed E-state index contributed by atoms with van der Waals surface area (Å²) < 4.78 is 0. The number of carbonyl (C=O) groups excluding carboxylic acids is 1. The van der Waals surface area contributed by atoms with Crippen LogP contribution in [0.2, 0.25) is 0 Å². The van der Waals surface area contributed by atoms with E-state index in [4.69, 9.17) is 5.11 Å². The lowest BCUT2D eigenvalue weighted by atomic mass is 10.2. The van der Waals surface area contributed by atoms with Crippen molar-refractivity contribution < 1.29 is 9.90 Å². The van der Waals surface area contributed by atoms with Gasteiger partial charge < -0.3 is 10.0 Å². The van der Waals surface area contributed by atoms with E-state index in [1.807, 2.05) is 30.3 Å². The van der Waals surface area contributed by atoms with Gasteiger partial charge >= 0.3 is 0 Å². The first-order valence-corrected chi connectivity index (χ1v) is 6.49. The molecule has 0 spiro atoms. The number of hydrogen-bond donors (Lipinski definition) is 1. The maximum absolute atomic E-state index is 11.9. The summed E-state index contributed by atoms with van der Waals surface area (Å²) in [4.78, 5) is 15.8. The van der Waals surface area contributed by atoms with Crippen LogP contribution in [-0.4, -0.2) is 60.1 Å². The van der Waals surface area contributed by atoms with E-state index >= 15 is 0 Å². The fourth-order valence-corrected chi connectivity index (χ4v) is 2.04. The number of benzene rings is 1. The first-order chi connectivity index (χ1) is 9.29. The van der Waals surface area contributed by atoms with E-state index in [1.165, 1.54) is 0 Å². The van der Waals surface area contributed by atoms with Crippen molar-refractivity contribution in [1.29, 1.82) is 0 Å². The second-order valence-electron chi connectivity index (χ2n) is 4.47. The highest BCUT2D eigenvalue weighted by atomic mass is 16.3. The predicted molar refractivity (Wildman–Crippen MR) is 73.4 cm³/mol. The Bertz CT molecular complexity index is 468. The lowest BCUT2D eigenvalue weighted by molar-refractivity contribution is -0.126. The van der Waals surface area contributed by atoms with E-state index < -0.39 is 0 Å². The molecule has 1 aliphatic rings. The quantitative estimate of drug-likeness (QED) is 0.769. The standard InChI is InChI=1S/C15H18N2O2/c18-13-12-16-8-10-17(11-9-16)15(19)7-6-14-4-2-1-3-5-14/h1-5,18H,8-13H2. The van der Waals surface area contributed by atoms with Crippen molar-refractivity contribution in [2.75, 3.05) is 39.3 Å². The normalized spacial score (nSPS) is 15.7. The molecule has 2 rings (SSSR count). The second kappa shape index (κ2) is 6.93. The first-order valence-electron chi connectivity index (χ1n) is 6.49. The van der Waals surface area contributed by atoms with Gasteiger partial charge in [-0.25, -0.2) is 0 Å². The van der Waals surface area contributed by atoms with Crippen LogP contribution in [0, 0.1) is 11.8 Å². The zero-order valence-electron chi connectivity index (χ0n) is 10.9. The molecule has 0 atom stereocenters. The van der Waals surface area contributed by atoms with Crippen molar-refractivity contribution in [2.45, 2.75) is 0 Å². The molecule has 1 heterocycles. The predicted octanol–water partition coefficient (Wildman–Crippen LogP) is 0.175. The number of rotatable bonds is 2. The first kappa shape index (κ1) is 13.6. The van der Waals surface area contributed by atoms with Gasteiger partial charge in [0.25, 0.3) is 5.91 Å². The molecule has 1 aromatic carbocycles. The number of aliphatic hydroxyl groups is 1. The molecular formula is C15H18N2O2. The minimum absolute atomic E-state index is 0.118. The molecule has 1 aliphatic heterocycles. The Labute approximate surface area is 113 Å². The lowest BCUT2D eigenvalue weighted by Crippen LogP contribution is -2.49. The summed E-state index contributed by atoms with van der Waals surface area (Å²) >= 11 is 0. The second-order valence-corrected chi connectivity index (χ2v) is 4.47. The zero-order valence-corrected chi connectivity index (χ0v) is 10.9. The summed E-state index contributed by atoms with van der Waals surface area (Å²) in [5.41, 5.74) is 0.856. The van der Waals surface area contributed by atoms with Crippen LogP contribution in [-0.2, 0) is 4.79 Å². The van der Waals surface area contributed by atoms with Gasteiger partial charge in [0, 0.05) is 44.2 Å². The van der Waals surface area contributed by atoms with Gasteiger partial charge in [-0.15, -0.1) is 0 Å². The van der Waals surface area contributed by atoms with E-state index in [9.17, 15) is 4.79 Å². The fraction of sp³-hybridized carbons (Fsp3) is 0.400. The van der Waals surface area contributed by atoms with Crippen molar-refractivity contribution in [1.82, 2.24) is 9.80 Å². The van der Waals surface area contributed by atoms with Crippen LogP contribution in [0.4, 0.5) is 0 Å². The highest BCUT2D eigenvalue weighted by Gasteiger charge is 2.19. The topological polar surface area (TPSA) is 43.8 Å². The molecule has 0 unspecified atom stereocenters. The number of amides is 1. The summed E-state index contributed by atoms with van der Waals surface area (Å²) in [5.74, 6) is 5.45. The number of β-amino-alcohol motifs (C(OH)–C–C–N with tert-alkyl or cyclic N) is 1. The summed E-state index contributed by atoms with van der Waals surface area (Å²) in [6.45, 7) is 3.82. The largest absolute Gasteiger partial charge is 0.395 e. The molecule has 100 valence electrons. The van der Waals surface area contributed by atoms with E-state index in [1.54, 1.807) is 4.90 Å². The van der Waals surface area contributed by atoms with Crippen molar-refractivity contribution in [2.24, 2.45) is 0 Å². The van der Waals surface area contributed by atoms with Gasteiger partial charge in [-0.3, -0.25) is 9.69 Å². The molecule has 0 aliphatic carbocycles. The molecule has 1 amide bonds. The molecule has 1 saturated heterocycles. The van der Waals surface area contributed by atoms with Crippen LogP contribution in [0.5, 0.6) is 0 Å². The van der Waals surface area contributed by atoms with Crippen LogP contribution in [0.25, 0.3) is 0 Å². The van der Waals surface area contributed by atoms with Crippen LogP contribution in [0.3, 0.4) is 0 Å². The molecule has 1 fully saturated rings. The summed E-state index contributed by atoms with van der Waals surface area (Å²) in [6, 6.07) is 9.51. The molecule has 0 saturated carbocycles. The van der Waals surface area contributed by atoms with Gasteiger partial charge in [0.1, 0.15) is 0 Å². The van der Waals surface area contributed by atoms with Gasteiger partial charge in [-0.2, -0.15) is 0 Å². The summed E-state index contributed by atoms with van der Waals surface area (Å²) in [7, 11) is 0. The van der Waals surface area contributed by atoms with Crippen LogP contribution >= 0.6 is 0 Å². The van der Waals surface area contributed by atoms with Crippen molar-refractivity contribution in [3.8, 4) is 11.8 Å². The smallest absolute Gasteiger partial charge is 0.298 e. The Balaban J connectivity index is 1.87. The van der Waals surface area contributed by atoms with E-state index in [2.05, 4.69) is 16.7 Å². The van der Waals surface area contributed by atoms with Crippen LogP contribution in [0.1, 0.15) is 5.56 Å². The van der Waals surface area contributed by atoms with Crippen LogP contribution < -0.4 is 0 Å². The Morgan fingerprint density at radius 3 is 2.47 bits per heavy atom. The zero-order chi connectivity index (χ0) is 13.5. The molecule has 1 aromatic rings. The van der Waals surface area contributed by atoms with Crippen molar-refractivity contribution in [3.63, 3.8) is 0 Å². The highest BCUT2D eigenvalue weighted by molar-refractivity contribution is 5.94. The van der Waals surface area contributed by atoms with E-state index in [-0.39, 0.29) is 12.5 Å². The Morgan fingerprint density at radius 2 is 1.84 bits per heavy atom. The Morgan fingerprint density at radius 1 is 1.16 bits per heavy atom. The van der Waals surface area contributed by atoms with Crippen molar-refractivity contribution >= 4 is 5.91 Å². The molecule has 19 heavy (non-hydrogen) atoms. The van der Waals surface area contributed by atoms with E-state index in [0.717, 1.165) is 18.7 Å². The van der Waals surface area contributed by atoms with Gasteiger partial charge in [-0.1, -0.05) is 24.1 Å². The minimum Gasteiger partial charge on any atom is -0.395 e. The van der Waals surface area contributed by atoms with Gasteiger partial charge in [0.15, 0.2) is 0 Å². The van der Waals surface area contributed by atoms with E-state index in [0.29, 0.717) is 19.6 Å². The minimum atomic E-state index is -0.118. The third-order valence-corrected chi connectivity index (χ3v) is 3.16. The highest BCUT2D eigenvalue weighted by Crippen LogP contribution is 2.01. The molecule has 0 bridgehead atoms. The number of nitrogens with zero attached hydrogens (tertiary/aromatic N) is 2. The molecule has 4 nitrogen and oxygen atoms in total. The van der Waals surface area contributed by atoms with Gasteiger partial charge in [0.05, 0.1) is 6.61 Å². The monoisotopic (exact) mass is 258 g/mol. The Hall–Kier alpha value is -1.83. The maximum atomic E-state index is 11.9. The number of carbonyl (C=O) groups is 1. The third-order valence-electron chi connectivity index (χ3n) is 3.16. The molecule has 1 N–H and O–H groups in total. The lowest BCUT2D eigenvalue weighted by Gasteiger charge is -2.33. The molecule has 0 radical (unpaired) electrons. The fourth-order valence-electron chi connectivity index (χ4n) is 2.04. The summed E-state index contributed by atoms with van der Waals surface area (Å²) in [6.07, 6.45) is 0. The van der Waals surface area contributed by atoms with Crippen molar-refractivity contribution in [3.05, 3.63) is 35.9 Å². The van der Waals surface area contributed by atoms with Gasteiger partial charge in [-0.05, 0) is 12.1 Å². The average Bonchev–Trinajstić information content (AvgIpc) is 2.47. The summed E-state index contributed by atoms with van der Waals surface area (Å²) in [5, 5.41) is 8.86. The molecule has 4 heteroatoms. The molecule has 0 aromatic heterocycles. The maximum Gasteiger partial charge on any atom is 0.298 e. The Kier molecular flexibility index (Phi) is 4.96. The average molecular weight is 258 g/mol.